The fraction of sp³-hybridized carbons (Fsp3) is 0.571. The van der Waals surface area contributed by atoms with Gasteiger partial charge in [0.05, 0.1) is 1.37 Å². The second-order valence-electron chi connectivity index (χ2n) is 1.31. The van der Waals surface area contributed by atoms with Crippen molar-refractivity contribution in [3.8, 4) is 0 Å². The standard InChI is InChI=1S/C7H10O2/c8-7(9)6-4-2-1-3-5-6/h4H,1-3,5H2,(H,8,9)/i1D2,2D2,3D2,4D,5D2. The number of carbonyl (C=O) groups is 1. The van der Waals surface area contributed by atoms with E-state index in [1.165, 1.54) is 0 Å². The molecule has 1 aliphatic rings. The first-order chi connectivity index (χ1) is 7.73. The van der Waals surface area contributed by atoms with Crippen LogP contribution in [0.2, 0.25) is 0 Å². The molecule has 2 heteroatoms. The highest BCUT2D eigenvalue weighted by atomic mass is 16.4. The van der Waals surface area contributed by atoms with Crippen LogP contribution in [0.25, 0.3) is 0 Å². The number of aliphatic carboxylic acids is 1. The highest BCUT2D eigenvalue weighted by molar-refractivity contribution is 5.86. The molecule has 0 bridgehead atoms. The summed E-state index contributed by atoms with van der Waals surface area (Å²) in [6.45, 7) is 0. The Balaban J connectivity index is 3.79. The van der Waals surface area contributed by atoms with Gasteiger partial charge in [0.25, 0.3) is 0 Å². The monoisotopic (exact) mass is 135 g/mol. The summed E-state index contributed by atoms with van der Waals surface area (Å²) in [5.41, 5.74) is -1.40. The van der Waals surface area contributed by atoms with E-state index in [0.717, 1.165) is 0 Å². The molecule has 1 rings (SSSR count). The average Bonchev–Trinajstić information content (AvgIpc) is 2.14. The third-order valence-corrected chi connectivity index (χ3v) is 0.714. The number of hydrogen-bond acceptors (Lipinski definition) is 1. The molecular weight excluding hydrogens is 116 g/mol. The van der Waals surface area contributed by atoms with E-state index in [0.29, 0.717) is 0 Å². The van der Waals surface area contributed by atoms with Gasteiger partial charge in [-0.15, -0.1) is 0 Å². The van der Waals surface area contributed by atoms with Crippen molar-refractivity contribution in [2.75, 3.05) is 0 Å². The van der Waals surface area contributed by atoms with Gasteiger partial charge in [0.2, 0.25) is 0 Å². The first-order valence-electron chi connectivity index (χ1n) is 6.68. The van der Waals surface area contributed by atoms with Crippen molar-refractivity contribution in [3.05, 3.63) is 11.6 Å². The lowest BCUT2D eigenvalue weighted by molar-refractivity contribution is -0.132. The van der Waals surface area contributed by atoms with Gasteiger partial charge in [-0.25, -0.2) is 4.79 Å². The lowest BCUT2D eigenvalue weighted by Crippen LogP contribution is -2.03. The average molecular weight is 135 g/mol. The van der Waals surface area contributed by atoms with Gasteiger partial charge in [0.1, 0.15) is 0 Å². The Morgan fingerprint density at radius 3 is 3.33 bits per heavy atom. The largest absolute Gasteiger partial charge is 0.478 e. The minimum Gasteiger partial charge on any atom is -0.478 e. The van der Waals surface area contributed by atoms with Crippen LogP contribution in [0.3, 0.4) is 0 Å². The minimum atomic E-state index is -3.43. The first-order valence-corrected chi connectivity index (χ1v) is 2.18. The predicted molar refractivity (Wildman–Crippen MR) is 34.2 cm³/mol. The van der Waals surface area contributed by atoms with Crippen LogP contribution < -0.4 is 0 Å². The number of rotatable bonds is 1. The lowest BCUT2D eigenvalue weighted by Gasteiger charge is -2.06. The SMILES string of the molecule is [2H]C1=C(C(=O)O)C([2H])([2H])C([2H])([2H])C([2H])([2H])C1([2H])[2H]. The molecule has 0 saturated carbocycles. The third kappa shape index (κ3) is 1.56. The first kappa shape index (κ1) is 1.44. The Morgan fingerprint density at radius 1 is 1.89 bits per heavy atom. The van der Waals surface area contributed by atoms with Crippen molar-refractivity contribution in [2.45, 2.75) is 25.5 Å². The maximum atomic E-state index is 10.9. The maximum absolute atomic E-state index is 10.9. The summed E-state index contributed by atoms with van der Waals surface area (Å²) in [4.78, 5) is 10.9. The molecule has 0 spiro atoms. The molecule has 0 unspecified atom stereocenters. The van der Waals surface area contributed by atoms with E-state index >= 15 is 0 Å². The van der Waals surface area contributed by atoms with Gasteiger partial charge in [-0.05, 0) is 25.5 Å². The predicted octanol–water partition coefficient (Wildman–Crippen LogP) is 1.57. The molecule has 2 nitrogen and oxygen atoms in total. The second kappa shape index (κ2) is 2.67. The Morgan fingerprint density at radius 2 is 2.67 bits per heavy atom. The molecule has 0 aliphatic heterocycles. The van der Waals surface area contributed by atoms with Gasteiger partial charge in [-0.3, -0.25) is 0 Å². The molecule has 1 N–H and O–H groups in total. The highest BCUT2D eigenvalue weighted by Crippen LogP contribution is 2.16. The molecule has 9 heavy (non-hydrogen) atoms. The van der Waals surface area contributed by atoms with Crippen LogP contribution in [0.5, 0.6) is 0 Å². The molecular formula is C7H10O2. The number of hydrogen-bond donors (Lipinski definition) is 1. The molecule has 0 atom stereocenters. The lowest BCUT2D eigenvalue weighted by atomic mass is 10.0. The highest BCUT2D eigenvalue weighted by Gasteiger charge is 2.08. The Labute approximate surface area is 66.8 Å². The van der Waals surface area contributed by atoms with Crippen molar-refractivity contribution in [3.63, 3.8) is 0 Å². The van der Waals surface area contributed by atoms with Crippen LogP contribution in [0, 0.1) is 0 Å². The van der Waals surface area contributed by atoms with Crippen molar-refractivity contribution in [2.24, 2.45) is 0 Å². The van der Waals surface area contributed by atoms with Gasteiger partial charge in [-0.1, -0.05) is 6.05 Å². The smallest absolute Gasteiger partial charge is 0.331 e. The van der Waals surface area contributed by atoms with Crippen LogP contribution >= 0.6 is 0 Å². The molecule has 50 valence electrons. The number of carboxylic acids is 1. The van der Waals surface area contributed by atoms with Gasteiger partial charge >= 0.3 is 5.97 Å². The summed E-state index contributed by atoms with van der Waals surface area (Å²) < 4.78 is 66.4. The topological polar surface area (TPSA) is 37.3 Å². The van der Waals surface area contributed by atoms with Crippen molar-refractivity contribution < 1.29 is 22.2 Å². The summed E-state index contributed by atoms with van der Waals surface area (Å²) in [6, 6.07) is -1.39. The van der Waals surface area contributed by atoms with Crippen molar-refractivity contribution in [1.82, 2.24) is 0 Å². The summed E-state index contributed by atoms with van der Waals surface area (Å²) in [5.74, 6) is -1.98. The van der Waals surface area contributed by atoms with Crippen LogP contribution in [0.15, 0.2) is 11.6 Å². The van der Waals surface area contributed by atoms with E-state index in [2.05, 4.69) is 0 Å². The van der Waals surface area contributed by atoms with E-state index in [-0.39, 0.29) is 0 Å². The third-order valence-electron chi connectivity index (χ3n) is 0.714. The fourth-order valence-electron chi connectivity index (χ4n) is 0.357. The van der Waals surface area contributed by atoms with E-state index in [1.54, 1.807) is 0 Å². The minimum absolute atomic E-state index is 1.39. The summed E-state index contributed by atoms with van der Waals surface area (Å²) in [7, 11) is 0. The molecule has 0 fully saturated rings. The van der Waals surface area contributed by atoms with Gasteiger partial charge in [-0.2, -0.15) is 0 Å². The quantitative estimate of drug-likeness (QED) is 0.592. The molecule has 0 aromatic heterocycles. The molecule has 0 aromatic carbocycles. The molecule has 0 aromatic rings. The Bertz CT molecular complexity index is 436. The maximum Gasteiger partial charge on any atom is 0.331 e. The molecule has 0 radical (unpaired) electrons. The fourth-order valence-corrected chi connectivity index (χ4v) is 0.357. The van der Waals surface area contributed by atoms with E-state index < -0.39 is 43.1 Å². The van der Waals surface area contributed by atoms with E-state index in [1.807, 2.05) is 0 Å². The van der Waals surface area contributed by atoms with Crippen LogP contribution in [0.4, 0.5) is 0 Å². The number of carboxylic acid groups (broad SMARTS) is 1. The molecule has 0 heterocycles. The summed E-state index contributed by atoms with van der Waals surface area (Å²) >= 11 is 0. The molecule has 0 saturated heterocycles. The Hall–Kier alpha value is -0.790. The van der Waals surface area contributed by atoms with E-state index in [4.69, 9.17) is 17.4 Å². The number of allylic oxidation sites excluding steroid dienone is 1. The molecule has 0 amide bonds. The van der Waals surface area contributed by atoms with Crippen LogP contribution in [-0.4, -0.2) is 11.1 Å². The van der Waals surface area contributed by atoms with Gasteiger partial charge < -0.3 is 5.11 Å². The van der Waals surface area contributed by atoms with Crippen molar-refractivity contribution in [1.29, 1.82) is 0 Å². The zero-order chi connectivity index (χ0) is 14.7. The van der Waals surface area contributed by atoms with Gasteiger partial charge in [0, 0.05) is 16.5 Å². The summed E-state index contributed by atoms with van der Waals surface area (Å²) in [5, 5.41) is 8.81. The second-order valence-corrected chi connectivity index (χ2v) is 1.31. The van der Waals surface area contributed by atoms with Crippen LogP contribution in [-0.2, 0) is 4.79 Å². The summed E-state index contributed by atoms with van der Waals surface area (Å²) in [6.07, 6.45) is -13.4. The zero-order valence-electron chi connectivity index (χ0n) is 13.4. The van der Waals surface area contributed by atoms with E-state index in [9.17, 15) is 4.79 Å². The normalized spacial score (nSPS) is 57.1. The zero-order valence-corrected chi connectivity index (χ0v) is 4.36. The van der Waals surface area contributed by atoms with Crippen LogP contribution in [0.1, 0.15) is 37.8 Å². The van der Waals surface area contributed by atoms with Crippen molar-refractivity contribution >= 4 is 5.97 Å². The Kier molecular flexibility index (Phi) is 0.427. The van der Waals surface area contributed by atoms with Gasteiger partial charge in [0.15, 0.2) is 0 Å². The molecule has 1 aliphatic carbocycles.